The van der Waals surface area contributed by atoms with Gasteiger partial charge in [0.25, 0.3) is 0 Å². The van der Waals surface area contributed by atoms with Crippen LogP contribution in [0.15, 0.2) is 47.4 Å². The summed E-state index contributed by atoms with van der Waals surface area (Å²) in [6.07, 6.45) is 0.321. The van der Waals surface area contributed by atoms with Crippen LogP contribution in [-0.2, 0) is 16.0 Å². The van der Waals surface area contributed by atoms with Gasteiger partial charge in [-0.15, -0.1) is 11.6 Å². The molecule has 0 unspecified atom stereocenters. The van der Waals surface area contributed by atoms with E-state index in [0.717, 1.165) is 0 Å². The number of nitrogens with zero attached hydrogens (tertiary/aromatic N) is 2. The summed E-state index contributed by atoms with van der Waals surface area (Å²) in [4.78, 5) is 27.7. The Morgan fingerprint density at radius 3 is 2.81 bits per heavy atom. The van der Waals surface area contributed by atoms with Gasteiger partial charge in [0.1, 0.15) is 18.0 Å². The van der Waals surface area contributed by atoms with Gasteiger partial charge in [-0.3, -0.25) is 4.57 Å². The molecule has 1 aliphatic rings. The Labute approximate surface area is 160 Å². The first kappa shape index (κ1) is 19.3. The average Bonchev–Trinajstić information content (AvgIpc) is 2.98. The topological polar surface area (TPSA) is 117 Å². The fraction of sp³-hybridized carbons (Fsp3) is 0.389. The third-order valence-electron chi connectivity index (χ3n) is 4.47. The monoisotopic (exact) mass is 393 g/mol. The highest BCUT2D eigenvalue weighted by atomic mass is 35.5. The molecular formula is C18H20ClN3O5. The van der Waals surface area contributed by atoms with Crippen LogP contribution in [-0.4, -0.2) is 50.9 Å². The van der Waals surface area contributed by atoms with Gasteiger partial charge < -0.3 is 20.3 Å². The third-order valence-corrected chi connectivity index (χ3v) is 4.93. The number of halogens is 1. The van der Waals surface area contributed by atoms with Crippen LogP contribution < -0.4 is 11.4 Å². The Balaban J connectivity index is 1.66. The number of ether oxygens (including phenoxy) is 2. The lowest BCUT2D eigenvalue weighted by Gasteiger charge is -2.29. The maximum Gasteiger partial charge on any atom is 0.349 e. The minimum Gasteiger partial charge on any atom is -0.459 e. The number of carbonyl (C=O) groups is 1. The SMILES string of the molecule is Nc1ccn(C[C@H]2C[C@H](O)[C@@](CCl)(COC(=O)c3ccccc3)O2)c(=O)n1. The number of hydrogen-bond donors (Lipinski definition) is 2. The van der Waals surface area contributed by atoms with Crippen molar-refractivity contribution in [3.05, 3.63) is 58.6 Å². The van der Waals surface area contributed by atoms with Gasteiger partial charge in [0.15, 0.2) is 0 Å². The zero-order valence-corrected chi connectivity index (χ0v) is 15.2. The number of aromatic nitrogens is 2. The second-order valence-electron chi connectivity index (χ2n) is 6.42. The maximum atomic E-state index is 12.1. The first-order valence-electron chi connectivity index (χ1n) is 8.40. The lowest BCUT2D eigenvalue weighted by Crippen LogP contribution is -2.46. The molecular weight excluding hydrogens is 374 g/mol. The first-order chi connectivity index (χ1) is 12.9. The molecule has 0 aliphatic carbocycles. The Morgan fingerprint density at radius 1 is 1.41 bits per heavy atom. The number of nitrogen functional groups attached to an aromatic ring is 1. The lowest BCUT2D eigenvalue weighted by molar-refractivity contribution is -0.102. The highest BCUT2D eigenvalue weighted by Gasteiger charge is 2.48. The van der Waals surface area contributed by atoms with Gasteiger partial charge in [0, 0.05) is 12.6 Å². The molecule has 9 heteroatoms. The molecule has 144 valence electrons. The van der Waals surface area contributed by atoms with Crippen molar-refractivity contribution in [2.24, 2.45) is 0 Å². The maximum absolute atomic E-state index is 12.1. The fourth-order valence-electron chi connectivity index (χ4n) is 2.97. The quantitative estimate of drug-likeness (QED) is 0.551. The van der Waals surface area contributed by atoms with Crippen molar-refractivity contribution in [3.8, 4) is 0 Å². The van der Waals surface area contributed by atoms with Crippen LogP contribution in [0, 0.1) is 0 Å². The Hall–Kier alpha value is -2.42. The number of benzene rings is 1. The standard InChI is InChI=1S/C18H20ClN3O5/c19-10-18(11-26-16(24)12-4-2-1-3-5-12)14(23)8-13(27-18)9-22-7-6-15(20)21-17(22)25/h1-7,13-14,23H,8-11H2,(H2,20,21,25)/t13-,14+,18-/m1/s1. The van der Waals surface area contributed by atoms with Gasteiger partial charge in [0.2, 0.25) is 0 Å². The molecule has 0 saturated carbocycles. The number of rotatable bonds is 6. The van der Waals surface area contributed by atoms with Gasteiger partial charge in [-0.05, 0) is 18.2 Å². The van der Waals surface area contributed by atoms with E-state index in [2.05, 4.69) is 4.98 Å². The van der Waals surface area contributed by atoms with Gasteiger partial charge >= 0.3 is 11.7 Å². The number of alkyl halides is 1. The Morgan fingerprint density at radius 2 is 2.15 bits per heavy atom. The highest BCUT2D eigenvalue weighted by molar-refractivity contribution is 6.18. The molecule has 1 fully saturated rings. The first-order valence-corrected chi connectivity index (χ1v) is 8.94. The number of aliphatic hydroxyl groups excluding tert-OH is 1. The molecule has 1 saturated heterocycles. The predicted molar refractivity (Wildman–Crippen MR) is 98.6 cm³/mol. The molecule has 0 amide bonds. The fourth-order valence-corrected chi connectivity index (χ4v) is 3.29. The van der Waals surface area contributed by atoms with Crippen LogP contribution in [0.25, 0.3) is 0 Å². The second-order valence-corrected chi connectivity index (χ2v) is 6.69. The average molecular weight is 394 g/mol. The van der Waals surface area contributed by atoms with Gasteiger partial charge in [-0.2, -0.15) is 4.98 Å². The van der Waals surface area contributed by atoms with Crippen molar-refractivity contribution >= 4 is 23.4 Å². The predicted octanol–water partition coefficient (Wildman–Crippen LogP) is 0.810. The summed E-state index contributed by atoms with van der Waals surface area (Å²) < 4.78 is 12.6. The van der Waals surface area contributed by atoms with Crippen LogP contribution in [0.4, 0.5) is 5.82 Å². The number of carbonyl (C=O) groups excluding carboxylic acids is 1. The Bertz CT molecular complexity index is 860. The van der Waals surface area contributed by atoms with Gasteiger partial charge in [0.05, 0.1) is 30.2 Å². The molecule has 2 aromatic rings. The van der Waals surface area contributed by atoms with Gasteiger partial charge in [-0.25, -0.2) is 9.59 Å². The van der Waals surface area contributed by atoms with E-state index in [-0.39, 0.29) is 31.3 Å². The smallest absolute Gasteiger partial charge is 0.349 e. The second kappa shape index (κ2) is 8.08. The molecule has 0 bridgehead atoms. The minimum atomic E-state index is -1.23. The molecule has 3 N–H and O–H groups in total. The van der Waals surface area contributed by atoms with Gasteiger partial charge in [-0.1, -0.05) is 18.2 Å². The van der Waals surface area contributed by atoms with Crippen molar-refractivity contribution in [1.29, 1.82) is 0 Å². The van der Waals surface area contributed by atoms with Crippen LogP contribution in [0.2, 0.25) is 0 Å². The van der Waals surface area contributed by atoms with Crippen LogP contribution in [0.1, 0.15) is 16.8 Å². The molecule has 0 radical (unpaired) electrons. The van der Waals surface area contributed by atoms with Crippen LogP contribution in [0.5, 0.6) is 0 Å². The van der Waals surface area contributed by atoms with Crippen LogP contribution >= 0.6 is 11.6 Å². The number of hydrogen-bond acceptors (Lipinski definition) is 7. The van der Waals surface area contributed by atoms with E-state index in [1.165, 1.54) is 16.8 Å². The molecule has 3 rings (SSSR count). The minimum absolute atomic E-state index is 0.0678. The molecule has 1 aromatic carbocycles. The number of nitrogens with two attached hydrogens (primary N) is 1. The summed E-state index contributed by atoms with van der Waals surface area (Å²) >= 11 is 6.04. The van der Waals surface area contributed by atoms with E-state index < -0.39 is 29.5 Å². The molecule has 0 spiro atoms. The van der Waals surface area contributed by atoms with Crippen molar-refractivity contribution in [2.45, 2.75) is 30.8 Å². The van der Waals surface area contributed by atoms with E-state index in [1.807, 2.05) is 0 Å². The summed E-state index contributed by atoms with van der Waals surface area (Å²) in [5.74, 6) is -0.466. The molecule has 8 nitrogen and oxygen atoms in total. The summed E-state index contributed by atoms with van der Waals surface area (Å²) in [7, 11) is 0. The summed E-state index contributed by atoms with van der Waals surface area (Å²) in [6.45, 7) is -0.0226. The van der Waals surface area contributed by atoms with Crippen molar-refractivity contribution in [1.82, 2.24) is 9.55 Å². The van der Waals surface area contributed by atoms with E-state index in [9.17, 15) is 14.7 Å². The molecule has 3 atom stereocenters. The summed E-state index contributed by atoms with van der Waals surface area (Å²) in [5.41, 5.74) is 4.13. The summed E-state index contributed by atoms with van der Waals surface area (Å²) in [5, 5.41) is 10.5. The summed E-state index contributed by atoms with van der Waals surface area (Å²) in [6, 6.07) is 10.0. The zero-order valence-electron chi connectivity index (χ0n) is 14.5. The number of esters is 1. The number of aliphatic hydroxyl groups is 1. The van der Waals surface area contributed by atoms with Crippen LogP contribution in [0.3, 0.4) is 0 Å². The Kier molecular flexibility index (Phi) is 5.79. The molecule has 1 aromatic heterocycles. The zero-order chi connectivity index (χ0) is 19.4. The molecule has 1 aliphatic heterocycles. The van der Waals surface area contributed by atoms with E-state index >= 15 is 0 Å². The van der Waals surface area contributed by atoms with Crippen molar-refractivity contribution in [3.63, 3.8) is 0 Å². The molecule has 27 heavy (non-hydrogen) atoms. The van der Waals surface area contributed by atoms with E-state index in [1.54, 1.807) is 30.3 Å². The van der Waals surface area contributed by atoms with Crippen molar-refractivity contribution in [2.75, 3.05) is 18.2 Å². The highest BCUT2D eigenvalue weighted by Crippen LogP contribution is 2.33. The normalized spacial score (nSPS) is 24.7. The van der Waals surface area contributed by atoms with Crippen molar-refractivity contribution < 1.29 is 19.4 Å². The van der Waals surface area contributed by atoms with E-state index in [4.69, 9.17) is 26.8 Å². The largest absolute Gasteiger partial charge is 0.459 e. The van der Waals surface area contributed by atoms with E-state index in [0.29, 0.717) is 5.56 Å². The number of anilines is 1. The third kappa shape index (κ3) is 4.29. The molecule has 2 heterocycles. The lowest BCUT2D eigenvalue weighted by atomic mass is 9.99.